The fourth-order valence-electron chi connectivity index (χ4n) is 2.74. The molecule has 0 radical (unpaired) electrons. The van der Waals surface area contributed by atoms with Crippen LogP contribution in [-0.2, 0) is 14.5 Å². The number of hydrogen-bond donors (Lipinski definition) is 3. The van der Waals surface area contributed by atoms with Crippen molar-refractivity contribution in [1.82, 2.24) is 9.97 Å². The first-order chi connectivity index (χ1) is 15.7. The Labute approximate surface area is 201 Å². The highest BCUT2D eigenvalue weighted by Gasteiger charge is 2.14. The van der Waals surface area contributed by atoms with Gasteiger partial charge in [-0.2, -0.15) is 4.98 Å². The van der Waals surface area contributed by atoms with Crippen LogP contribution in [0.15, 0.2) is 51.9 Å². The van der Waals surface area contributed by atoms with Crippen molar-refractivity contribution in [3.63, 3.8) is 0 Å². The normalized spacial score (nSPS) is 13.6. The molecule has 0 fully saturated rings. The van der Waals surface area contributed by atoms with E-state index in [1.165, 1.54) is 17.6 Å². The van der Waals surface area contributed by atoms with E-state index in [-0.39, 0.29) is 19.3 Å². The highest BCUT2D eigenvalue weighted by molar-refractivity contribution is 7.93. The van der Waals surface area contributed by atoms with Crippen LogP contribution < -0.4 is 10.6 Å². The number of carbonyl (C=O) groups excluding carboxylic acids is 1. The minimum atomic E-state index is -2.93. The van der Waals surface area contributed by atoms with Crippen LogP contribution >= 0.6 is 22.9 Å². The molecule has 0 bridgehead atoms. The zero-order valence-electron chi connectivity index (χ0n) is 18.2. The molecule has 9 nitrogen and oxygen atoms in total. The highest BCUT2D eigenvalue weighted by atomic mass is 35.5. The molecule has 1 aromatic carbocycles. The van der Waals surface area contributed by atoms with E-state index in [1.54, 1.807) is 43.5 Å². The van der Waals surface area contributed by atoms with E-state index >= 15 is 0 Å². The van der Waals surface area contributed by atoms with Gasteiger partial charge in [0.2, 0.25) is 5.95 Å². The first-order valence-corrected chi connectivity index (χ1v) is 13.1. The minimum absolute atomic E-state index is 0.0635. The van der Waals surface area contributed by atoms with Crippen LogP contribution in [0, 0.1) is 0 Å². The lowest BCUT2D eigenvalue weighted by atomic mass is 10.2. The lowest BCUT2D eigenvalue weighted by molar-refractivity contribution is 0.164. The molecule has 3 aromatic rings. The molecule has 0 spiro atoms. The molecular weight excluding hydrogens is 486 g/mol. The van der Waals surface area contributed by atoms with Gasteiger partial charge in [-0.3, -0.25) is 0 Å². The molecule has 2 heterocycles. The molecule has 33 heavy (non-hydrogen) atoms. The van der Waals surface area contributed by atoms with Crippen molar-refractivity contribution >= 4 is 56.2 Å². The van der Waals surface area contributed by atoms with Crippen LogP contribution in [0.2, 0.25) is 4.34 Å². The van der Waals surface area contributed by atoms with Crippen LogP contribution in [0.3, 0.4) is 0 Å². The molecular formula is C21H24ClN5O4S2. The molecule has 0 saturated heterocycles. The maximum Gasteiger partial charge on any atom is 0.442 e. The average molecular weight is 510 g/mol. The molecule has 1 unspecified atom stereocenters. The lowest BCUT2D eigenvalue weighted by Gasteiger charge is -2.16. The van der Waals surface area contributed by atoms with E-state index in [4.69, 9.17) is 16.3 Å². The predicted octanol–water partition coefficient (Wildman–Crippen LogP) is 5.01. The number of aromatic nitrogens is 2. The van der Waals surface area contributed by atoms with Crippen molar-refractivity contribution in [2.24, 2.45) is 4.36 Å². The van der Waals surface area contributed by atoms with E-state index in [9.17, 15) is 14.1 Å². The van der Waals surface area contributed by atoms with Gasteiger partial charge in [0.1, 0.15) is 5.82 Å². The summed E-state index contributed by atoms with van der Waals surface area (Å²) in [6, 6.07) is 10.1. The number of anilines is 3. The van der Waals surface area contributed by atoms with Gasteiger partial charge in [0.25, 0.3) is 0 Å². The van der Waals surface area contributed by atoms with E-state index in [0.717, 1.165) is 10.4 Å². The number of carbonyl (C=O) groups is 1. The lowest BCUT2D eigenvalue weighted by Crippen LogP contribution is -2.21. The third-order valence-electron chi connectivity index (χ3n) is 4.35. The average Bonchev–Trinajstić information content (AvgIpc) is 3.20. The molecule has 176 valence electrons. The van der Waals surface area contributed by atoms with Gasteiger partial charge in [0.15, 0.2) is 0 Å². The van der Waals surface area contributed by atoms with Crippen LogP contribution in [0.4, 0.5) is 22.2 Å². The van der Waals surface area contributed by atoms with Crippen molar-refractivity contribution in [3.05, 3.63) is 46.9 Å². The van der Waals surface area contributed by atoms with Crippen LogP contribution in [0.5, 0.6) is 0 Å². The molecule has 0 aliphatic rings. The number of halogens is 1. The molecule has 1 amide bonds. The third-order valence-corrected chi connectivity index (χ3v) is 7.26. The van der Waals surface area contributed by atoms with Gasteiger partial charge in [0.05, 0.1) is 32.8 Å². The summed E-state index contributed by atoms with van der Waals surface area (Å²) in [6.45, 7) is 3.59. The van der Waals surface area contributed by atoms with Crippen LogP contribution in [0.1, 0.15) is 13.8 Å². The first-order valence-electron chi connectivity index (χ1n) is 9.98. The van der Waals surface area contributed by atoms with Gasteiger partial charge < -0.3 is 20.5 Å². The predicted molar refractivity (Wildman–Crippen MR) is 132 cm³/mol. The number of nitrogens with one attached hydrogen (secondary N) is 2. The zero-order valence-corrected chi connectivity index (χ0v) is 20.6. The number of rotatable bonds is 8. The summed E-state index contributed by atoms with van der Waals surface area (Å²) >= 11 is 7.48. The Morgan fingerprint density at radius 2 is 2.03 bits per heavy atom. The van der Waals surface area contributed by atoms with Crippen LogP contribution in [0.25, 0.3) is 10.4 Å². The van der Waals surface area contributed by atoms with E-state index in [0.29, 0.717) is 26.7 Å². The van der Waals surface area contributed by atoms with Gasteiger partial charge in [-0.15, -0.1) is 15.7 Å². The Morgan fingerprint density at radius 3 is 2.64 bits per heavy atom. The molecule has 2 atom stereocenters. The van der Waals surface area contributed by atoms with Gasteiger partial charge in [-0.05, 0) is 50.2 Å². The van der Waals surface area contributed by atoms with Gasteiger partial charge in [-0.1, -0.05) is 11.6 Å². The fourth-order valence-corrected chi connectivity index (χ4v) is 4.87. The molecule has 3 N–H and O–H groups in total. The Morgan fingerprint density at radius 1 is 1.30 bits per heavy atom. The molecule has 0 saturated carbocycles. The second-order valence-corrected chi connectivity index (χ2v) is 11.0. The van der Waals surface area contributed by atoms with Crippen molar-refractivity contribution in [2.45, 2.75) is 24.8 Å². The molecule has 0 aliphatic heterocycles. The van der Waals surface area contributed by atoms with Crippen molar-refractivity contribution in [1.29, 1.82) is 0 Å². The Balaban J connectivity index is 1.85. The van der Waals surface area contributed by atoms with E-state index < -0.39 is 15.8 Å². The number of thiophene rings is 1. The van der Waals surface area contributed by atoms with Gasteiger partial charge in [0, 0.05) is 34.0 Å². The van der Waals surface area contributed by atoms with E-state index in [2.05, 4.69) is 25.0 Å². The SMILES string of the molecule is CCOC(=O)N=S(C)(=O)c1ccc(Nc2ncc(-c3ccc(Cl)s3)c(N[C@H](C)CO)n2)cc1. The Hall–Kier alpha value is -2.73. The number of aliphatic hydroxyl groups excluding tert-OH is 1. The number of ether oxygens (including phenoxy) is 1. The fraction of sp³-hybridized carbons (Fsp3) is 0.286. The second kappa shape index (κ2) is 10.9. The molecule has 3 rings (SSSR count). The monoisotopic (exact) mass is 509 g/mol. The minimum Gasteiger partial charge on any atom is -0.448 e. The molecule has 12 heteroatoms. The quantitative estimate of drug-likeness (QED) is 0.387. The maximum absolute atomic E-state index is 12.7. The Bertz CT molecular complexity index is 1240. The van der Waals surface area contributed by atoms with Crippen molar-refractivity contribution < 1.29 is 18.8 Å². The van der Waals surface area contributed by atoms with Gasteiger partial charge >= 0.3 is 6.09 Å². The number of hydrogen-bond acceptors (Lipinski definition) is 9. The molecule has 0 aliphatic carbocycles. The number of nitrogens with zero attached hydrogens (tertiary/aromatic N) is 3. The maximum atomic E-state index is 12.7. The largest absolute Gasteiger partial charge is 0.448 e. The topological polar surface area (TPSA) is 126 Å². The van der Waals surface area contributed by atoms with Crippen molar-refractivity contribution in [2.75, 3.05) is 30.1 Å². The van der Waals surface area contributed by atoms with Crippen LogP contribution in [-0.4, -0.2) is 50.9 Å². The van der Waals surface area contributed by atoms with E-state index in [1.807, 2.05) is 13.0 Å². The summed E-state index contributed by atoms with van der Waals surface area (Å²) in [5.41, 5.74) is 1.41. The standard InChI is InChI=1S/C21H24ClN5O4S2/c1-4-31-21(29)27-33(3,30)15-7-5-14(6-8-15)25-20-23-11-16(17-9-10-18(22)32-17)19(26-20)24-13(2)12-28/h5-11,13,28H,4,12H2,1-3H3,(H2,23,24,25,26)/t13-,33?/m1/s1. The summed E-state index contributed by atoms with van der Waals surface area (Å²) in [6.07, 6.45) is 2.20. The summed E-state index contributed by atoms with van der Waals surface area (Å²) in [5, 5.41) is 15.7. The zero-order chi connectivity index (χ0) is 24.0. The van der Waals surface area contributed by atoms with Crippen molar-refractivity contribution in [3.8, 4) is 10.4 Å². The second-order valence-electron chi connectivity index (χ2n) is 7.03. The summed E-state index contributed by atoms with van der Waals surface area (Å²) in [4.78, 5) is 21.8. The highest BCUT2D eigenvalue weighted by Crippen LogP contribution is 2.35. The third kappa shape index (κ3) is 6.64. The first kappa shape index (κ1) is 24.9. The number of aliphatic hydroxyl groups is 1. The summed E-state index contributed by atoms with van der Waals surface area (Å²) < 4.78 is 21.8. The summed E-state index contributed by atoms with van der Waals surface area (Å²) in [7, 11) is -2.93. The summed E-state index contributed by atoms with van der Waals surface area (Å²) in [5.74, 6) is 0.879. The Kier molecular flexibility index (Phi) is 8.25. The number of benzene rings is 1. The smallest absolute Gasteiger partial charge is 0.442 e. The molecule has 2 aromatic heterocycles. The van der Waals surface area contributed by atoms with Gasteiger partial charge in [-0.25, -0.2) is 14.0 Å². The number of amides is 1.